The Morgan fingerprint density at radius 3 is 2.54 bits per heavy atom. The quantitative estimate of drug-likeness (QED) is 0.599. The van der Waals surface area contributed by atoms with Gasteiger partial charge in [-0.05, 0) is 6.42 Å². The molecule has 2 rings (SSSR count). The molecule has 1 N–H and O–H groups in total. The molecule has 13 heavy (non-hydrogen) atoms. The predicted octanol–water partition coefficient (Wildman–Crippen LogP) is -0.532. The third-order valence-electron chi connectivity index (χ3n) is 2.81. The van der Waals surface area contributed by atoms with E-state index in [4.69, 9.17) is 9.47 Å². The Morgan fingerprint density at radius 2 is 1.85 bits per heavy atom. The number of hydrogen-bond donors (Lipinski definition) is 1. The second-order valence-electron chi connectivity index (χ2n) is 3.65. The van der Waals surface area contributed by atoms with Gasteiger partial charge in [-0.25, -0.2) is 0 Å². The zero-order valence-electron chi connectivity index (χ0n) is 7.82. The summed E-state index contributed by atoms with van der Waals surface area (Å²) in [5.41, 5.74) is 0. The number of aliphatic hydroxyl groups is 1. The van der Waals surface area contributed by atoms with Crippen LogP contribution in [0.25, 0.3) is 0 Å². The average molecular weight is 187 g/mol. The topological polar surface area (TPSA) is 41.9 Å². The van der Waals surface area contributed by atoms with E-state index in [-0.39, 0.29) is 12.1 Å². The smallest absolute Gasteiger partial charge is 0.0929 e. The van der Waals surface area contributed by atoms with Gasteiger partial charge in [-0.1, -0.05) is 0 Å². The molecular formula is C9H17NO3. The number of hydrogen-bond acceptors (Lipinski definition) is 4. The van der Waals surface area contributed by atoms with Gasteiger partial charge in [0, 0.05) is 25.7 Å². The lowest BCUT2D eigenvalue weighted by Crippen LogP contribution is -2.52. The first-order valence-corrected chi connectivity index (χ1v) is 4.95. The van der Waals surface area contributed by atoms with E-state index >= 15 is 0 Å². The third kappa shape index (κ3) is 2.20. The molecule has 0 amide bonds. The van der Waals surface area contributed by atoms with E-state index in [9.17, 15) is 5.11 Å². The van der Waals surface area contributed by atoms with Crippen molar-refractivity contribution in [3.8, 4) is 0 Å². The van der Waals surface area contributed by atoms with E-state index in [0.29, 0.717) is 6.61 Å². The van der Waals surface area contributed by atoms with Crippen LogP contribution in [0.5, 0.6) is 0 Å². The maximum atomic E-state index is 9.71. The molecule has 2 atom stereocenters. The molecule has 0 radical (unpaired) electrons. The minimum atomic E-state index is -0.313. The van der Waals surface area contributed by atoms with Gasteiger partial charge in [-0.15, -0.1) is 0 Å². The van der Waals surface area contributed by atoms with Crippen molar-refractivity contribution >= 4 is 0 Å². The lowest BCUT2D eigenvalue weighted by Gasteiger charge is -2.39. The zero-order valence-corrected chi connectivity index (χ0v) is 7.82. The van der Waals surface area contributed by atoms with E-state index in [1.54, 1.807) is 0 Å². The van der Waals surface area contributed by atoms with Crippen LogP contribution in [0.15, 0.2) is 0 Å². The van der Waals surface area contributed by atoms with Crippen LogP contribution in [0.4, 0.5) is 0 Å². The van der Waals surface area contributed by atoms with E-state index in [1.165, 1.54) is 0 Å². The Kier molecular flexibility index (Phi) is 3.16. The first-order valence-electron chi connectivity index (χ1n) is 4.95. The number of ether oxygens (including phenoxy) is 2. The Morgan fingerprint density at radius 1 is 1.08 bits per heavy atom. The number of morpholine rings is 1. The van der Waals surface area contributed by atoms with Gasteiger partial charge < -0.3 is 14.6 Å². The summed E-state index contributed by atoms with van der Waals surface area (Å²) in [4.78, 5) is 2.32. The molecule has 0 saturated carbocycles. The maximum Gasteiger partial charge on any atom is 0.0929 e. The van der Waals surface area contributed by atoms with Gasteiger partial charge in [0.05, 0.1) is 25.9 Å². The van der Waals surface area contributed by atoms with Crippen LogP contribution < -0.4 is 0 Å². The minimum Gasteiger partial charge on any atom is -0.389 e. The summed E-state index contributed by atoms with van der Waals surface area (Å²) < 4.78 is 10.5. The molecule has 0 aromatic heterocycles. The van der Waals surface area contributed by atoms with Crippen molar-refractivity contribution in [2.45, 2.75) is 18.6 Å². The van der Waals surface area contributed by atoms with Gasteiger partial charge in [0.1, 0.15) is 0 Å². The van der Waals surface area contributed by atoms with Crippen molar-refractivity contribution in [2.75, 3.05) is 39.5 Å². The highest BCUT2D eigenvalue weighted by Crippen LogP contribution is 2.16. The van der Waals surface area contributed by atoms with Gasteiger partial charge in [0.25, 0.3) is 0 Å². The molecule has 0 aromatic carbocycles. The standard InChI is InChI=1S/C9H17NO3/c11-9-7-13-4-1-8(9)10-2-5-12-6-3-10/h8-9,11H,1-7H2. The molecule has 2 unspecified atom stereocenters. The summed E-state index contributed by atoms with van der Waals surface area (Å²) in [5, 5.41) is 9.71. The molecule has 4 nitrogen and oxygen atoms in total. The molecule has 2 fully saturated rings. The van der Waals surface area contributed by atoms with Crippen LogP contribution >= 0.6 is 0 Å². The summed E-state index contributed by atoms with van der Waals surface area (Å²) in [6, 6.07) is 0.289. The molecule has 0 aliphatic carbocycles. The maximum absolute atomic E-state index is 9.71. The van der Waals surface area contributed by atoms with Crippen LogP contribution in [0.2, 0.25) is 0 Å². The first-order chi connectivity index (χ1) is 6.38. The fourth-order valence-electron chi connectivity index (χ4n) is 2.05. The highest BCUT2D eigenvalue weighted by atomic mass is 16.5. The van der Waals surface area contributed by atoms with Crippen molar-refractivity contribution in [1.29, 1.82) is 0 Å². The van der Waals surface area contributed by atoms with E-state index in [1.807, 2.05) is 0 Å². The molecule has 2 heterocycles. The van der Waals surface area contributed by atoms with Crippen LogP contribution in [-0.2, 0) is 9.47 Å². The largest absolute Gasteiger partial charge is 0.389 e. The molecule has 2 aliphatic heterocycles. The monoisotopic (exact) mass is 187 g/mol. The molecule has 0 bridgehead atoms. The summed E-state index contributed by atoms with van der Waals surface area (Å²) >= 11 is 0. The minimum absolute atomic E-state index is 0.289. The van der Waals surface area contributed by atoms with E-state index in [2.05, 4.69) is 4.90 Å². The van der Waals surface area contributed by atoms with Crippen LogP contribution in [0.3, 0.4) is 0 Å². The fraction of sp³-hybridized carbons (Fsp3) is 1.00. The predicted molar refractivity (Wildman–Crippen MR) is 47.6 cm³/mol. The van der Waals surface area contributed by atoms with Crippen molar-refractivity contribution in [2.24, 2.45) is 0 Å². The average Bonchev–Trinajstić information content (AvgIpc) is 2.20. The summed E-state index contributed by atoms with van der Waals surface area (Å²) in [6.45, 7) is 4.75. The van der Waals surface area contributed by atoms with Gasteiger partial charge in [-0.2, -0.15) is 0 Å². The van der Waals surface area contributed by atoms with E-state index < -0.39 is 0 Å². The van der Waals surface area contributed by atoms with Gasteiger partial charge in [-0.3, -0.25) is 4.90 Å². The van der Waals surface area contributed by atoms with Gasteiger partial charge in [0.2, 0.25) is 0 Å². The highest BCUT2D eigenvalue weighted by Gasteiger charge is 2.29. The van der Waals surface area contributed by atoms with Crippen molar-refractivity contribution in [3.05, 3.63) is 0 Å². The lowest BCUT2D eigenvalue weighted by atomic mass is 10.0. The van der Waals surface area contributed by atoms with Crippen LogP contribution in [0, 0.1) is 0 Å². The molecule has 2 saturated heterocycles. The Bertz CT molecular complexity index is 159. The summed E-state index contributed by atoms with van der Waals surface area (Å²) in [5.74, 6) is 0. The Balaban J connectivity index is 1.88. The molecule has 0 spiro atoms. The zero-order chi connectivity index (χ0) is 9.10. The van der Waals surface area contributed by atoms with Crippen molar-refractivity contribution < 1.29 is 14.6 Å². The number of aliphatic hydroxyl groups excluding tert-OH is 1. The Hall–Kier alpha value is -0.160. The van der Waals surface area contributed by atoms with Crippen molar-refractivity contribution in [3.63, 3.8) is 0 Å². The van der Waals surface area contributed by atoms with Crippen LogP contribution in [-0.4, -0.2) is 61.7 Å². The van der Waals surface area contributed by atoms with E-state index in [0.717, 1.165) is 39.3 Å². The SMILES string of the molecule is OC1COCCC1N1CCOCC1. The molecule has 4 heteroatoms. The normalized spacial score (nSPS) is 37.6. The number of rotatable bonds is 1. The van der Waals surface area contributed by atoms with Gasteiger partial charge in [0.15, 0.2) is 0 Å². The molecule has 76 valence electrons. The second-order valence-corrected chi connectivity index (χ2v) is 3.65. The first kappa shape index (κ1) is 9.40. The third-order valence-corrected chi connectivity index (χ3v) is 2.81. The summed E-state index contributed by atoms with van der Waals surface area (Å²) in [6.07, 6.45) is 0.632. The van der Waals surface area contributed by atoms with Crippen LogP contribution in [0.1, 0.15) is 6.42 Å². The Labute approximate surface area is 78.4 Å². The molecular weight excluding hydrogens is 170 g/mol. The number of nitrogens with zero attached hydrogens (tertiary/aromatic N) is 1. The lowest BCUT2D eigenvalue weighted by molar-refractivity contribution is -0.0859. The fourth-order valence-corrected chi connectivity index (χ4v) is 2.05. The second kappa shape index (κ2) is 4.37. The van der Waals surface area contributed by atoms with Gasteiger partial charge >= 0.3 is 0 Å². The molecule has 0 aromatic rings. The van der Waals surface area contributed by atoms with Crippen molar-refractivity contribution in [1.82, 2.24) is 4.90 Å². The highest BCUT2D eigenvalue weighted by molar-refractivity contribution is 4.82. The molecule has 2 aliphatic rings. The summed E-state index contributed by atoms with van der Waals surface area (Å²) in [7, 11) is 0.